The van der Waals surface area contributed by atoms with Gasteiger partial charge in [-0.2, -0.15) is 0 Å². The van der Waals surface area contributed by atoms with Crippen molar-refractivity contribution in [2.24, 2.45) is 11.3 Å². The van der Waals surface area contributed by atoms with E-state index in [9.17, 15) is 0 Å². The minimum absolute atomic E-state index is 0.0170. The largest absolute Gasteiger partial charge is 0.372 e. The van der Waals surface area contributed by atoms with E-state index in [1.54, 1.807) is 0 Å². The van der Waals surface area contributed by atoms with Crippen molar-refractivity contribution < 1.29 is 4.74 Å². The van der Waals surface area contributed by atoms with Gasteiger partial charge in [-0.15, -0.1) is 0 Å². The fourth-order valence-corrected chi connectivity index (χ4v) is 2.86. The Hall–Kier alpha value is -0.0400. The van der Waals surface area contributed by atoms with Crippen LogP contribution in [0.25, 0.3) is 0 Å². The van der Waals surface area contributed by atoms with E-state index in [-0.39, 0.29) is 11.0 Å². The molecule has 102 valence electrons. The molecule has 17 heavy (non-hydrogen) atoms. The molecule has 0 aromatic rings. The zero-order valence-electron chi connectivity index (χ0n) is 12.8. The molecule has 1 nitrogen and oxygen atoms in total. The van der Waals surface area contributed by atoms with Gasteiger partial charge in [0, 0.05) is 0 Å². The molecule has 0 heterocycles. The zero-order chi connectivity index (χ0) is 13.1. The van der Waals surface area contributed by atoms with E-state index in [0.29, 0.717) is 12.0 Å². The van der Waals surface area contributed by atoms with Gasteiger partial charge in [0.1, 0.15) is 0 Å². The highest BCUT2D eigenvalue weighted by molar-refractivity contribution is 4.90. The summed E-state index contributed by atoms with van der Waals surface area (Å²) in [6.07, 6.45) is 8.31. The Morgan fingerprint density at radius 2 is 1.53 bits per heavy atom. The highest BCUT2D eigenvalue weighted by Gasteiger charge is 2.40. The second-order valence-corrected chi connectivity index (χ2v) is 7.46. The van der Waals surface area contributed by atoms with E-state index >= 15 is 0 Å². The zero-order valence-corrected chi connectivity index (χ0v) is 12.8. The van der Waals surface area contributed by atoms with Gasteiger partial charge in [-0.1, -0.05) is 53.9 Å². The van der Waals surface area contributed by atoms with Crippen LogP contribution in [0.4, 0.5) is 0 Å². The molecule has 0 N–H and O–H groups in total. The fraction of sp³-hybridized carbons (Fsp3) is 1.00. The lowest BCUT2D eigenvalue weighted by atomic mass is 9.73. The van der Waals surface area contributed by atoms with E-state index in [1.165, 1.54) is 32.1 Å². The quantitative estimate of drug-likeness (QED) is 0.657. The molecule has 0 spiro atoms. The Morgan fingerprint density at radius 1 is 1.00 bits per heavy atom. The molecule has 1 fully saturated rings. The third-order valence-electron chi connectivity index (χ3n) is 4.36. The summed E-state index contributed by atoms with van der Waals surface area (Å²) < 4.78 is 6.55. The fourth-order valence-electron chi connectivity index (χ4n) is 2.86. The van der Waals surface area contributed by atoms with E-state index < -0.39 is 0 Å². The molecule has 0 aromatic carbocycles. The van der Waals surface area contributed by atoms with Crippen LogP contribution in [0.5, 0.6) is 0 Å². The van der Waals surface area contributed by atoms with Crippen LogP contribution in [-0.2, 0) is 4.74 Å². The van der Waals surface area contributed by atoms with Gasteiger partial charge in [-0.25, -0.2) is 0 Å². The molecule has 1 heteroatoms. The number of hydrogen-bond acceptors (Lipinski definition) is 1. The smallest absolute Gasteiger partial charge is 0.0708 e. The normalized spacial score (nSPS) is 22.8. The third kappa shape index (κ3) is 4.28. The first-order valence-corrected chi connectivity index (χ1v) is 7.42. The molecule has 1 atom stereocenters. The van der Waals surface area contributed by atoms with Gasteiger partial charge >= 0.3 is 0 Å². The lowest BCUT2D eigenvalue weighted by Gasteiger charge is -2.46. The van der Waals surface area contributed by atoms with Crippen LogP contribution in [0.2, 0.25) is 0 Å². The standard InChI is InChI=1S/C16H32O/c1-13(2)12-16(6,15(3,4)5)17-14-10-8-7-9-11-14/h13-14H,7-12H2,1-6H3. The maximum Gasteiger partial charge on any atom is 0.0708 e. The first-order valence-electron chi connectivity index (χ1n) is 7.42. The monoisotopic (exact) mass is 240 g/mol. The number of hydrogen-bond donors (Lipinski definition) is 0. The SMILES string of the molecule is CC(C)CC(C)(OC1CCCCC1)C(C)(C)C. The Balaban J connectivity index is 2.68. The molecule has 1 rings (SSSR count). The topological polar surface area (TPSA) is 9.23 Å². The van der Waals surface area contributed by atoms with Crippen molar-refractivity contribution in [2.45, 2.75) is 91.8 Å². The van der Waals surface area contributed by atoms with Crippen molar-refractivity contribution >= 4 is 0 Å². The van der Waals surface area contributed by atoms with E-state index in [0.717, 1.165) is 6.42 Å². The van der Waals surface area contributed by atoms with Gasteiger partial charge in [-0.3, -0.25) is 0 Å². The highest BCUT2D eigenvalue weighted by atomic mass is 16.5. The van der Waals surface area contributed by atoms with Gasteiger partial charge in [0.05, 0.1) is 11.7 Å². The minimum Gasteiger partial charge on any atom is -0.372 e. The Bertz CT molecular complexity index is 220. The van der Waals surface area contributed by atoms with Gasteiger partial charge in [0.25, 0.3) is 0 Å². The lowest BCUT2D eigenvalue weighted by molar-refractivity contribution is -0.159. The summed E-state index contributed by atoms with van der Waals surface area (Å²) in [6, 6.07) is 0. The van der Waals surface area contributed by atoms with Crippen LogP contribution in [0, 0.1) is 11.3 Å². The summed E-state index contributed by atoms with van der Waals surface area (Å²) >= 11 is 0. The van der Waals surface area contributed by atoms with Crippen LogP contribution < -0.4 is 0 Å². The Labute approximate surface area is 108 Å². The Kier molecular flexibility index (Phi) is 5.07. The molecule has 1 aliphatic carbocycles. The minimum atomic E-state index is 0.0170. The maximum atomic E-state index is 6.55. The second-order valence-electron chi connectivity index (χ2n) is 7.46. The predicted molar refractivity (Wildman–Crippen MR) is 75.3 cm³/mol. The number of rotatable bonds is 4. The van der Waals surface area contributed by atoms with E-state index in [1.807, 2.05) is 0 Å². The second kappa shape index (κ2) is 5.73. The van der Waals surface area contributed by atoms with Crippen LogP contribution in [0.1, 0.15) is 80.1 Å². The van der Waals surface area contributed by atoms with Crippen molar-refractivity contribution in [3.63, 3.8) is 0 Å². The molecule has 1 saturated carbocycles. The first-order chi connectivity index (χ1) is 7.74. The first kappa shape index (κ1) is 15.0. The molecular formula is C16H32O. The summed E-state index contributed by atoms with van der Waals surface area (Å²) in [5, 5.41) is 0. The average molecular weight is 240 g/mol. The molecule has 0 aromatic heterocycles. The lowest BCUT2D eigenvalue weighted by Crippen LogP contribution is -2.46. The van der Waals surface area contributed by atoms with Crippen molar-refractivity contribution in [3.8, 4) is 0 Å². The molecule has 1 unspecified atom stereocenters. The maximum absolute atomic E-state index is 6.55. The molecule has 0 bridgehead atoms. The van der Waals surface area contributed by atoms with Crippen LogP contribution >= 0.6 is 0 Å². The number of ether oxygens (including phenoxy) is 1. The molecule has 1 aliphatic rings. The van der Waals surface area contributed by atoms with Gasteiger partial charge in [0.2, 0.25) is 0 Å². The summed E-state index contributed by atoms with van der Waals surface area (Å²) in [4.78, 5) is 0. The third-order valence-corrected chi connectivity index (χ3v) is 4.36. The van der Waals surface area contributed by atoms with Gasteiger partial charge in [-0.05, 0) is 37.5 Å². The van der Waals surface area contributed by atoms with Crippen molar-refractivity contribution in [1.82, 2.24) is 0 Å². The van der Waals surface area contributed by atoms with Crippen LogP contribution in [0.3, 0.4) is 0 Å². The molecule has 0 saturated heterocycles. The molecule has 0 amide bonds. The molecule has 0 radical (unpaired) electrons. The van der Waals surface area contributed by atoms with Crippen LogP contribution in [0.15, 0.2) is 0 Å². The van der Waals surface area contributed by atoms with Crippen molar-refractivity contribution in [1.29, 1.82) is 0 Å². The van der Waals surface area contributed by atoms with Crippen LogP contribution in [-0.4, -0.2) is 11.7 Å². The van der Waals surface area contributed by atoms with Gasteiger partial charge < -0.3 is 4.74 Å². The highest BCUT2D eigenvalue weighted by Crippen LogP contribution is 2.41. The summed E-state index contributed by atoms with van der Waals surface area (Å²) in [5.74, 6) is 0.697. The van der Waals surface area contributed by atoms with E-state index in [2.05, 4.69) is 41.5 Å². The predicted octanol–water partition coefficient (Wildman–Crippen LogP) is 5.19. The van der Waals surface area contributed by atoms with Gasteiger partial charge in [0.15, 0.2) is 0 Å². The van der Waals surface area contributed by atoms with E-state index in [4.69, 9.17) is 4.74 Å². The molecule has 0 aliphatic heterocycles. The molecular weight excluding hydrogens is 208 g/mol. The average Bonchev–Trinajstić information content (AvgIpc) is 2.15. The summed E-state index contributed by atoms with van der Waals surface area (Å²) in [7, 11) is 0. The van der Waals surface area contributed by atoms with Crippen molar-refractivity contribution in [2.75, 3.05) is 0 Å². The summed E-state index contributed by atoms with van der Waals surface area (Å²) in [5.41, 5.74) is 0.234. The summed E-state index contributed by atoms with van der Waals surface area (Å²) in [6.45, 7) is 13.9. The Morgan fingerprint density at radius 3 is 1.94 bits per heavy atom. The van der Waals surface area contributed by atoms with Crippen molar-refractivity contribution in [3.05, 3.63) is 0 Å².